The molecule has 1 aromatic rings. The molecule has 28 heavy (non-hydrogen) atoms. The van der Waals surface area contributed by atoms with E-state index in [1.54, 1.807) is 31.3 Å². The van der Waals surface area contributed by atoms with Crippen molar-refractivity contribution in [2.45, 2.75) is 51.1 Å². The molecule has 8 nitrogen and oxygen atoms in total. The van der Waals surface area contributed by atoms with E-state index in [1.807, 2.05) is 0 Å². The summed E-state index contributed by atoms with van der Waals surface area (Å²) in [5.41, 5.74) is 0.758. The summed E-state index contributed by atoms with van der Waals surface area (Å²) < 4.78 is 0. The van der Waals surface area contributed by atoms with Crippen LogP contribution in [0, 0.1) is 0 Å². The van der Waals surface area contributed by atoms with E-state index in [0.717, 1.165) is 29.7 Å². The molecule has 3 rings (SSSR count). The Hall–Kier alpha value is -2.90. The van der Waals surface area contributed by atoms with Gasteiger partial charge >= 0.3 is 6.03 Å². The van der Waals surface area contributed by atoms with Crippen LogP contribution in [0.1, 0.15) is 44.6 Å². The summed E-state index contributed by atoms with van der Waals surface area (Å²) in [4.78, 5) is 51.4. The predicted molar refractivity (Wildman–Crippen MR) is 103 cm³/mol. The summed E-state index contributed by atoms with van der Waals surface area (Å²) in [6.45, 7) is 1.44. The first-order valence-electron chi connectivity index (χ1n) is 9.56. The van der Waals surface area contributed by atoms with Crippen molar-refractivity contribution in [1.82, 2.24) is 15.1 Å². The molecule has 1 saturated carbocycles. The lowest BCUT2D eigenvalue weighted by molar-refractivity contribution is -0.137. The van der Waals surface area contributed by atoms with Crippen LogP contribution < -0.4 is 10.6 Å². The number of hydrogen-bond donors (Lipinski definition) is 2. The smallest absolute Gasteiger partial charge is 0.327 e. The molecule has 1 aliphatic carbocycles. The summed E-state index contributed by atoms with van der Waals surface area (Å²) in [5, 5.41) is 5.42. The molecule has 2 fully saturated rings. The molecule has 0 atom stereocenters. The Kier molecular flexibility index (Phi) is 5.67. The highest BCUT2D eigenvalue weighted by molar-refractivity contribution is 6.08. The van der Waals surface area contributed by atoms with E-state index in [1.165, 1.54) is 11.8 Å². The summed E-state index contributed by atoms with van der Waals surface area (Å²) in [6, 6.07) is 6.68. The Bertz CT molecular complexity index is 784. The van der Waals surface area contributed by atoms with Gasteiger partial charge in [-0.2, -0.15) is 0 Å². The minimum Gasteiger partial charge on any atom is -0.350 e. The first kappa shape index (κ1) is 19.9. The van der Waals surface area contributed by atoms with Crippen molar-refractivity contribution in [3.8, 4) is 0 Å². The molecule has 8 heteroatoms. The molecule has 1 aliphatic heterocycles. The van der Waals surface area contributed by atoms with Crippen molar-refractivity contribution in [2.75, 3.05) is 18.9 Å². The fourth-order valence-corrected chi connectivity index (χ4v) is 3.98. The van der Waals surface area contributed by atoms with Gasteiger partial charge in [0.25, 0.3) is 5.91 Å². The predicted octanol–water partition coefficient (Wildman–Crippen LogP) is 1.86. The van der Waals surface area contributed by atoms with Crippen molar-refractivity contribution >= 4 is 29.4 Å². The van der Waals surface area contributed by atoms with E-state index >= 15 is 0 Å². The van der Waals surface area contributed by atoms with Gasteiger partial charge in [0.05, 0.1) is 0 Å². The fraction of sp³-hybridized carbons (Fsp3) is 0.500. The maximum atomic E-state index is 12.9. The third-order valence-electron chi connectivity index (χ3n) is 5.55. The molecule has 0 radical (unpaired) electrons. The number of benzene rings is 1. The highest BCUT2D eigenvalue weighted by Gasteiger charge is 2.55. The van der Waals surface area contributed by atoms with Gasteiger partial charge in [-0.3, -0.25) is 19.3 Å². The number of likely N-dealkylation sites (N-methyl/N-ethyl adjacent to an activating group) is 1. The van der Waals surface area contributed by atoms with Crippen LogP contribution in [0.5, 0.6) is 0 Å². The second kappa shape index (κ2) is 8.00. The van der Waals surface area contributed by atoms with Gasteiger partial charge in [0.1, 0.15) is 12.1 Å². The number of anilines is 1. The average molecular weight is 386 g/mol. The summed E-state index contributed by atoms with van der Waals surface area (Å²) in [5.74, 6) is -0.787. The van der Waals surface area contributed by atoms with Crippen molar-refractivity contribution in [3.63, 3.8) is 0 Å². The van der Waals surface area contributed by atoms with Crippen molar-refractivity contribution in [3.05, 3.63) is 29.8 Å². The van der Waals surface area contributed by atoms with Crippen LogP contribution in [0.15, 0.2) is 24.3 Å². The molecule has 0 bridgehead atoms. The van der Waals surface area contributed by atoms with Crippen LogP contribution in [0.2, 0.25) is 0 Å². The fourth-order valence-electron chi connectivity index (χ4n) is 3.98. The number of carbonyl (C=O) groups excluding carboxylic acids is 4. The van der Waals surface area contributed by atoms with Crippen LogP contribution in [-0.4, -0.2) is 52.7 Å². The molecule has 1 saturated heterocycles. The lowest BCUT2D eigenvalue weighted by atomic mass is 9.81. The van der Waals surface area contributed by atoms with Crippen LogP contribution in [0.4, 0.5) is 10.5 Å². The third kappa shape index (κ3) is 3.85. The highest BCUT2D eigenvalue weighted by atomic mass is 16.2. The molecular formula is C20H26N4O4. The number of urea groups is 1. The van der Waals surface area contributed by atoms with Gasteiger partial charge in [-0.05, 0) is 30.5 Å². The first-order chi connectivity index (χ1) is 13.3. The Balaban J connectivity index is 1.56. The van der Waals surface area contributed by atoms with Crippen LogP contribution >= 0.6 is 0 Å². The minimum atomic E-state index is -0.769. The number of imide groups is 1. The van der Waals surface area contributed by atoms with E-state index in [0.29, 0.717) is 18.5 Å². The highest BCUT2D eigenvalue weighted by Crippen LogP contribution is 2.39. The van der Waals surface area contributed by atoms with E-state index in [-0.39, 0.29) is 30.8 Å². The number of rotatable bonds is 5. The number of hydrogen-bond acceptors (Lipinski definition) is 4. The van der Waals surface area contributed by atoms with Gasteiger partial charge in [-0.1, -0.05) is 31.4 Å². The lowest BCUT2D eigenvalue weighted by Gasteiger charge is -2.35. The van der Waals surface area contributed by atoms with E-state index in [4.69, 9.17) is 0 Å². The van der Waals surface area contributed by atoms with Gasteiger partial charge in [0.15, 0.2) is 0 Å². The zero-order valence-electron chi connectivity index (χ0n) is 16.3. The Morgan fingerprint density at radius 2 is 1.71 bits per heavy atom. The third-order valence-corrected chi connectivity index (χ3v) is 5.55. The van der Waals surface area contributed by atoms with Gasteiger partial charge in [-0.25, -0.2) is 4.79 Å². The van der Waals surface area contributed by atoms with Gasteiger partial charge in [0, 0.05) is 26.2 Å². The second-order valence-electron chi connectivity index (χ2n) is 7.48. The van der Waals surface area contributed by atoms with Crippen LogP contribution in [0.25, 0.3) is 0 Å². The Labute approximate surface area is 164 Å². The largest absolute Gasteiger partial charge is 0.350 e. The standard InChI is InChI=1S/C20H26N4O4/c1-14(25)22-16-8-6-15(7-9-16)12-21-17(26)13-24-18(27)20(23(2)19(24)28)10-4-3-5-11-20/h6-9H,3-5,10-13H2,1-2H3,(H,21,26)(H,22,25). The molecular weight excluding hydrogens is 360 g/mol. The molecule has 0 aromatic heterocycles. The Morgan fingerprint density at radius 1 is 1.07 bits per heavy atom. The number of nitrogens with one attached hydrogen (secondary N) is 2. The van der Waals surface area contributed by atoms with Crippen molar-refractivity contribution in [1.29, 1.82) is 0 Å². The molecule has 1 spiro atoms. The Morgan fingerprint density at radius 3 is 2.32 bits per heavy atom. The molecule has 1 aromatic carbocycles. The van der Waals surface area contributed by atoms with Gasteiger partial charge in [0.2, 0.25) is 11.8 Å². The molecule has 0 unspecified atom stereocenters. The van der Waals surface area contributed by atoms with E-state index in [9.17, 15) is 19.2 Å². The first-order valence-corrected chi connectivity index (χ1v) is 9.56. The van der Waals surface area contributed by atoms with E-state index < -0.39 is 11.6 Å². The van der Waals surface area contributed by atoms with E-state index in [2.05, 4.69) is 10.6 Å². The lowest BCUT2D eigenvalue weighted by Crippen LogP contribution is -2.49. The molecule has 1 heterocycles. The molecule has 2 aliphatic rings. The monoisotopic (exact) mass is 386 g/mol. The quantitative estimate of drug-likeness (QED) is 0.755. The maximum absolute atomic E-state index is 12.9. The van der Waals surface area contributed by atoms with Crippen LogP contribution in [-0.2, 0) is 20.9 Å². The van der Waals surface area contributed by atoms with Gasteiger partial charge in [-0.15, -0.1) is 0 Å². The van der Waals surface area contributed by atoms with Gasteiger partial charge < -0.3 is 15.5 Å². The normalized spacial score (nSPS) is 18.5. The summed E-state index contributed by atoms with van der Waals surface area (Å²) >= 11 is 0. The van der Waals surface area contributed by atoms with Crippen molar-refractivity contribution in [2.24, 2.45) is 0 Å². The number of nitrogens with zero attached hydrogens (tertiary/aromatic N) is 2. The maximum Gasteiger partial charge on any atom is 0.327 e. The van der Waals surface area contributed by atoms with Crippen molar-refractivity contribution < 1.29 is 19.2 Å². The zero-order chi connectivity index (χ0) is 20.3. The average Bonchev–Trinajstić information content (AvgIpc) is 2.84. The molecule has 150 valence electrons. The summed E-state index contributed by atoms with van der Waals surface area (Å²) in [6.07, 6.45) is 4.22. The molecule has 5 amide bonds. The number of amides is 5. The minimum absolute atomic E-state index is 0.151. The second-order valence-corrected chi connectivity index (χ2v) is 7.48. The zero-order valence-corrected chi connectivity index (χ0v) is 16.3. The summed E-state index contributed by atoms with van der Waals surface area (Å²) in [7, 11) is 1.65. The SMILES string of the molecule is CC(=O)Nc1ccc(CNC(=O)CN2C(=O)N(C)C3(CCCCC3)C2=O)cc1. The topological polar surface area (TPSA) is 98.8 Å². The van der Waals surface area contributed by atoms with Crippen LogP contribution in [0.3, 0.4) is 0 Å². The number of carbonyl (C=O) groups is 4. The molecule has 2 N–H and O–H groups in total.